The van der Waals surface area contributed by atoms with Gasteiger partial charge in [-0.1, -0.05) is 0 Å². The van der Waals surface area contributed by atoms with Crippen molar-refractivity contribution >= 4 is 17.9 Å². The molecule has 1 aliphatic carbocycles. The summed E-state index contributed by atoms with van der Waals surface area (Å²) in [6, 6.07) is 3.93. The molecule has 0 aromatic heterocycles. The first-order valence-electron chi connectivity index (χ1n) is 6.67. The van der Waals surface area contributed by atoms with Gasteiger partial charge < -0.3 is 10.1 Å². The van der Waals surface area contributed by atoms with E-state index in [1.54, 1.807) is 0 Å². The zero-order valence-electron chi connectivity index (χ0n) is 11.6. The van der Waals surface area contributed by atoms with Crippen LogP contribution >= 0.6 is 0 Å². The molecule has 1 aromatic carbocycles. The summed E-state index contributed by atoms with van der Waals surface area (Å²) in [7, 11) is 0. The molecular weight excluding hydrogens is 276 g/mol. The number of hydrogen-bond donors (Lipinski definition) is 1. The minimum absolute atomic E-state index is 0.0279. The van der Waals surface area contributed by atoms with Gasteiger partial charge in [0.05, 0.1) is 4.92 Å². The average molecular weight is 292 g/mol. The van der Waals surface area contributed by atoms with Gasteiger partial charge >= 0.3 is 5.69 Å². The Labute approximate surface area is 121 Å². The summed E-state index contributed by atoms with van der Waals surface area (Å²) in [5.41, 5.74) is -0.150. The van der Waals surface area contributed by atoms with Crippen molar-refractivity contribution in [3.8, 4) is 5.75 Å². The molecule has 112 valence electrons. The number of nitrogens with zero attached hydrogens (tertiary/aromatic N) is 1. The van der Waals surface area contributed by atoms with Crippen LogP contribution in [-0.2, 0) is 4.79 Å². The molecule has 1 aliphatic rings. The number of ether oxygens (including phenoxy) is 1. The molecule has 0 heterocycles. The van der Waals surface area contributed by atoms with Crippen LogP contribution in [0, 0.1) is 16.0 Å². The normalized spacial score (nSPS) is 15.1. The van der Waals surface area contributed by atoms with Gasteiger partial charge in [0, 0.05) is 17.7 Å². The van der Waals surface area contributed by atoms with Gasteiger partial charge in [-0.25, -0.2) is 0 Å². The maximum Gasteiger partial charge on any atom is 0.311 e. The molecule has 0 radical (unpaired) electrons. The highest BCUT2D eigenvalue weighted by atomic mass is 16.6. The molecule has 7 nitrogen and oxygen atoms in total. The lowest BCUT2D eigenvalue weighted by molar-refractivity contribution is -0.385. The van der Waals surface area contributed by atoms with E-state index in [1.165, 1.54) is 12.1 Å². The summed E-state index contributed by atoms with van der Waals surface area (Å²) >= 11 is 0. The van der Waals surface area contributed by atoms with Crippen LogP contribution in [0.4, 0.5) is 5.69 Å². The quantitative estimate of drug-likeness (QED) is 0.468. The van der Waals surface area contributed by atoms with Crippen molar-refractivity contribution in [2.24, 2.45) is 5.92 Å². The van der Waals surface area contributed by atoms with Crippen molar-refractivity contribution in [2.75, 3.05) is 6.61 Å². The van der Waals surface area contributed by atoms with E-state index < -0.39 is 4.92 Å². The number of benzene rings is 1. The number of carbonyl (C=O) groups excluding carboxylic acids is 2. The molecule has 2 rings (SSSR count). The van der Waals surface area contributed by atoms with Crippen LogP contribution in [-0.4, -0.2) is 29.8 Å². The molecule has 0 saturated heterocycles. The Hall–Kier alpha value is -2.44. The highest BCUT2D eigenvalue weighted by molar-refractivity contribution is 5.79. The van der Waals surface area contributed by atoms with Gasteiger partial charge in [-0.3, -0.25) is 19.7 Å². The standard InChI is InChI=1S/C14H16N2O5/c1-9(11-3-4-11)15-14(18)8-21-13-5-2-10(7-17)6-12(13)16(19)20/h2,5-7,9,11H,3-4,8H2,1H3,(H,15,18)/t9-/m1/s1. The first-order chi connectivity index (χ1) is 10.0. The number of hydrogen-bond acceptors (Lipinski definition) is 5. The second-order valence-corrected chi connectivity index (χ2v) is 5.08. The number of amides is 1. The van der Waals surface area contributed by atoms with Crippen molar-refractivity contribution in [3.63, 3.8) is 0 Å². The van der Waals surface area contributed by atoms with Gasteiger partial charge in [-0.15, -0.1) is 0 Å². The van der Waals surface area contributed by atoms with Gasteiger partial charge in [0.15, 0.2) is 12.4 Å². The minimum atomic E-state index is -0.646. The smallest absolute Gasteiger partial charge is 0.311 e. The van der Waals surface area contributed by atoms with Crippen molar-refractivity contribution in [3.05, 3.63) is 33.9 Å². The highest BCUT2D eigenvalue weighted by Gasteiger charge is 2.29. The first kappa shape index (κ1) is 15.0. The van der Waals surface area contributed by atoms with Gasteiger partial charge in [0.2, 0.25) is 0 Å². The summed E-state index contributed by atoms with van der Waals surface area (Å²) in [4.78, 5) is 32.6. The van der Waals surface area contributed by atoms with E-state index in [9.17, 15) is 19.7 Å². The zero-order valence-corrected chi connectivity index (χ0v) is 11.6. The molecule has 0 unspecified atom stereocenters. The first-order valence-corrected chi connectivity index (χ1v) is 6.67. The summed E-state index contributed by atoms with van der Waals surface area (Å²) in [6.07, 6.45) is 2.74. The molecule has 1 aromatic rings. The van der Waals surface area contributed by atoms with Gasteiger partial charge in [0.1, 0.15) is 6.29 Å². The summed E-state index contributed by atoms with van der Waals surface area (Å²) in [6.45, 7) is 1.63. The molecule has 1 atom stereocenters. The molecule has 1 amide bonds. The topological polar surface area (TPSA) is 98.5 Å². The fourth-order valence-electron chi connectivity index (χ4n) is 2.03. The lowest BCUT2D eigenvalue weighted by Crippen LogP contribution is -2.37. The number of rotatable bonds is 7. The van der Waals surface area contributed by atoms with Crippen LogP contribution in [0.5, 0.6) is 5.75 Å². The summed E-state index contributed by atoms with van der Waals surface area (Å²) in [5.74, 6) is 0.179. The van der Waals surface area contributed by atoms with E-state index in [4.69, 9.17) is 4.74 Å². The van der Waals surface area contributed by atoms with Crippen LogP contribution in [0.2, 0.25) is 0 Å². The zero-order chi connectivity index (χ0) is 15.4. The largest absolute Gasteiger partial charge is 0.477 e. The van der Waals surface area contributed by atoms with Gasteiger partial charge in [-0.2, -0.15) is 0 Å². The predicted molar refractivity (Wildman–Crippen MR) is 74.3 cm³/mol. The van der Waals surface area contributed by atoms with E-state index in [0.29, 0.717) is 12.2 Å². The lowest BCUT2D eigenvalue weighted by Gasteiger charge is -2.13. The Morgan fingerprint density at radius 1 is 1.57 bits per heavy atom. The Balaban J connectivity index is 1.96. The average Bonchev–Trinajstić information content (AvgIpc) is 3.29. The molecule has 1 N–H and O–H groups in total. The van der Waals surface area contributed by atoms with Crippen LogP contribution in [0.15, 0.2) is 18.2 Å². The fraction of sp³-hybridized carbons (Fsp3) is 0.429. The summed E-state index contributed by atoms with van der Waals surface area (Å²) in [5, 5.41) is 13.7. The predicted octanol–water partition coefficient (Wildman–Crippen LogP) is 1.70. The maximum atomic E-state index is 11.7. The Morgan fingerprint density at radius 2 is 2.29 bits per heavy atom. The third kappa shape index (κ3) is 4.01. The third-order valence-electron chi connectivity index (χ3n) is 3.39. The van der Waals surface area contributed by atoms with E-state index in [1.807, 2.05) is 6.92 Å². The van der Waals surface area contributed by atoms with E-state index in [2.05, 4.69) is 5.32 Å². The van der Waals surface area contributed by atoms with Crippen LogP contribution in [0.1, 0.15) is 30.1 Å². The van der Waals surface area contributed by atoms with Crippen molar-refractivity contribution < 1.29 is 19.2 Å². The van der Waals surface area contributed by atoms with E-state index in [-0.39, 0.29) is 35.6 Å². The molecular formula is C14H16N2O5. The fourth-order valence-corrected chi connectivity index (χ4v) is 2.03. The molecule has 0 bridgehead atoms. The molecule has 1 saturated carbocycles. The van der Waals surface area contributed by atoms with Crippen molar-refractivity contribution in [1.29, 1.82) is 0 Å². The van der Waals surface area contributed by atoms with Crippen LogP contribution in [0.3, 0.4) is 0 Å². The number of nitro groups is 1. The maximum absolute atomic E-state index is 11.7. The number of nitro benzene ring substituents is 1. The van der Waals surface area contributed by atoms with Crippen LogP contribution in [0.25, 0.3) is 0 Å². The Kier molecular flexibility index (Phi) is 4.52. The Morgan fingerprint density at radius 3 is 2.86 bits per heavy atom. The van der Waals surface area contributed by atoms with Gasteiger partial charge in [0.25, 0.3) is 5.91 Å². The number of carbonyl (C=O) groups is 2. The molecule has 0 aliphatic heterocycles. The minimum Gasteiger partial charge on any atom is -0.477 e. The third-order valence-corrected chi connectivity index (χ3v) is 3.39. The molecule has 7 heteroatoms. The number of aldehydes is 1. The van der Waals surface area contributed by atoms with E-state index >= 15 is 0 Å². The molecule has 21 heavy (non-hydrogen) atoms. The summed E-state index contributed by atoms with van der Waals surface area (Å²) < 4.78 is 5.19. The second-order valence-electron chi connectivity index (χ2n) is 5.08. The van der Waals surface area contributed by atoms with E-state index in [0.717, 1.165) is 18.9 Å². The lowest BCUT2D eigenvalue weighted by atomic mass is 10.2. The molecule has 0 spiro atoms. The molecule has 1 fully saturated rings. The second kappa shape index (κ2) is 6.34. The van der Waals surface area contributed by atoms with Gasteiger partial charge in [-0.05, 0) is 37.8 Å². The van der Waals surface area contributed by atoms with Crippen molar-refractivity contribution in [2.45, 2.75) is 25.8 Å². The Bertz CT molecular complexity index is 568. The van der Waals surface area contributed by atoms with Crippen LogP contribution < -0.4 is 10.1 Å². The SMILES string of the molecule is C[C@@H](NC(=O)COc1ccc(C=O)cc1[N+](=O)[O-])C1CC1. The van der Waals surface area contributed by atoms with Crippen molar-refractivity contribution in [1.82, 2.24) is 5.32 Å². The monoisotopic (exact) mass is 292 g/mol. The number of nitrogens with one attached hydrogen (secondary N) is 1. The highest BCUT2D eigenvalue weighted by Crippen LogP contribution is 2.32.